The minimum Gasteiger partial charge on any atom is -0.423 e. The van der Waals surface area contributed by atoms with Crippen LogP contribution in [0.4, 0.5) is 0 Å². The van der Waals surface area contributed by atoms with Crippen molar-refractivity contribution in [1.82, 2.24) is 9.96 Å². The summed E-state index contributed by atoms with van der Waals surface area (Å²) < 4.78 is 0. The number of hydrogen-bond donors (Lipinski definition) is 3. The first-order valence-electron chi connectivity index (χ1n) is 6.27. The molecule has 0 saturated carbocycles. The summed E-state index contributed by atoms with van der Waals surface area (Å²) in [5.74, 6) is -0.109. The predicted molar refractivity (Wildman–Crippen MR) is 76.8 cm³/mol. The van der Waals surface area contributed by atoms with Crippen molar-refractivity contribution in [1.29, 1.82) is 0 Å². The van der Waals surface area contributed by atoms with Crippen molar-refractivity contribution < 1.29 is 20.0 Å². The van der Waals surface area contributed by atoms with Crippen LogP contribution in [0, 0.1) is 0 Å². The van der Waals surface area contributed by atoms with Crippen molar-refractivity contribution in [2.45, 2.75) is 0 Å². The zero-order valence-corrected chi connectivity index (χ0v) is 11.3. The molecule has 0 atom stereocenters. The molecule has 108 valence electrons. The molecule has 0 unspecified atom stereocenters. The van der Waals surface area contributed by atoms with E-state index in [1.807, 2.05) is 0 Å². The van der Waals surface area contributed by atoms with Crippen LogP contribution < -0.4 is 5.46 Å². The summed E-state index contributed by atoms with van der Waals surface area (Å²) in [6, 6.07) is 6.17. The third-order valence-corrected chi connectivity index (χ3v) is 3.00. The number of hydrogen-bond acceptors (Lipinski definition) is 5. The van der Waals surface area contributed by atoms with Crippen molar-refractivity contribution in [3.05, 3.63) is 43.0 Å². The maximum atomic E-state index is 12.1. The Hall–Kier alpha value is -1.67. The van der Waals surface area contributed by atoms with Crippen LogP contribution in [0.3, 0.4) is 0 Å². The van der Waals surface area contributed by atoms with Gasteiger partial charge in [-0.1, -0.05) is 12.1 Å². The Morgan fingerprint density at radius 2 is 1.55 bits per heavy atom. The molecule has 1 saturated heterocycles. The Kier molecular flexibility index (Phi) is 6.40. The zero-order valence-electron chi connectivity index (χ0n) is 11.3. The van der Waals surface area contributed by atoms with Gasteiger partial charge < -0.3 is 20.2 Å². The van der Waals surface area contributed by atoms with Crippen LogP contribution in [-0.2, 0) is 0 Å². The quantitative estimate of drug-likeness (QED) is 0.493. The van der Waals surface area contributed by atoms with Crippen LogP contribution in [0.15, 0.2) is 37.4 Å². The molecule has 20 heavy (non-hydrogen) atoms. The summed E-state index contributed by atoms with van der Waals surface area (Å²) in [5, 5.41) is 28.3. The minimum atomic E-state index is -1.52. The van der Waals surface area contributed by atoms with E-state index in [2.05, 4.69) is 13.2 Å². The standard InChI is InChI=1S/C11H15BN2O4.C2H4/c15-11(13-5-7-14(18)8-6-13)9-1-3-10(4-2-9)12(16)17;1-2/h1-4,16-18H,5-8H2;1-2H2. The molecule has 7 heteroatoms. The average Bonchev–Trinajstić information content (AvgIpc) is 2.49. The van der Waals surface area contributed by atoms with Crippen LogP contribution >= 0.6 is 0 Å². The van der Waals surface area contributed by atoms with Crippen LogP contribution in [0.2, 0.25) is 0 Å². The number of rotatable bonds is 2. The molecule has 1 heterocycles. The molecule has 1 fully saturated rings. The van der Waals surface area contributed by atoms with Gasteiger partial charge in [0.05, 0.1) is 0 Å². The molecule has 3 N–H and O–H groups in total. The fourth-order valence-electron chi connectivity index (χ4n) is 1.88. The number of carbonyl (C=O) groups is 1. The maximum Gasteiger partial charge on any atom is 0.488 e. The van der Waals surface area contributed by atoms with Crippen molar-refractivity contribution in [2.24, 2.45) is 0 Å². The van der Waals surface area contributed by atoms with Crippen LogP contribution in [0.25, 0.3) is 0 Å². The molecule has 0 spiro atoms. The van der Waals surface area contributed by atoms with E-state index in [0.29, 0.717) is 37.2 Å². The molecule has 0 aliphatic carbocycles. The smallest absolute Gasteiger partial charge is 0.423 e. The molecule has 0 bridgehead atoms. The summed E-state index contributed by atoms with van der Waals surface area (Å²) in [5.41, 5.74) is 0.859. The van der Waals surface area contributed by atoms with E-state index < -0.39 is 7.12 Å². The second-order valence-corrected chi connectivity index (χ2v) is 4.24. The fraction of sp³-hybridized carbons (Fsp3) is 0.308. The summed E-state index contributed by atoms with van der Waals surface area (Å²) in [4.78, 5) is 13.8. The van der Waals surface area contributed by atoms with Gasteiger partial charge in [-0.3, -0.25) is 4.79 Å². The number of hydroxylamine groups is 2. The van der Waals surface area contributed by atoms with Gasteiger partial charge in [-0.25, -0.2) is 0 Å². The predicted octanol–water partition coefficient (Wildman–Crippen LogP) is -0.684. The highest BCUT2D eigenvalue weighted by molar-refractivity contribution is 6.58. The van der Waals surface area contributed by atoms with Gasteiger partial charge in [0.2, 0.25) is 0 Å². The van der Waals surface area contributed by atoms with Crippen LogP contribution in [-0.4, -0.2) is 64.4 Å². The van der Waals surface area contributed by atoms with Crippen molar-refractivity contribution in [3.8, 4) is 0 Å². The van der Waals surface area contributed by atoms with Gasteiger partial charge in [0.25, 0.3) is 5.91 Å². The van der Waals surface area contributed by atoms with Gasteiger partial charge in [0, 0.05) is 31.7 Å². The molecule has 0 radical (unpaired) electrons. The molecular weight excluding hydrogens is 259 g/mol. The Morgan fingerprint density at radius 1 is 1.05 bits per heavy atom. The Labute approximate surface area is 118 Å². The lowest BCUT2D eigenvalue weighted by Crippen LogP contribution is -2.47. The average molecular weight is 278 g/mol. The topological polar surface area (TPSA) is 84.2 Å². The molecule has 0 aromatic heterocycles. The molecule has 1 amide bonds. The summed E-state index contributed by atoms with van der Waals surface area (Å²) >= 11 is 0. The molecule has 1 aromatic rings. The Bertz CT molecular complexity index is 431. The second-order valence-electron chi connectivity index (χ2n) is 4.24. The minimum absolute atomic E-state index is 0.109. The van der Waals surface area contributed by atoms with Gasteiger partial charge in [0.15, 0.2) is 0 Å². The zero-order chi connectivity index (χ0) is 15.1. The highest BCUT2D eigenvalue weighted by atomic mass is 16.5. The third-order valence-electron chi connectivity index (χ3n) is 3.00. The van der Waals surface area contributed by atoms with Gasteiger partial charge >= 0.3 is 7.12 Å². The van der Waals surface area contributed by atoms with Crippen molar-refractivity contribution in [3.63, 3.8) is 0 Å². The first-order valence-corrected chi connectivity index (χ1v) is 6.27. The maximum absolute atomic E-state index is 12.1. The number of amides is 1. The number of piperazine rings is 1. The summed E-state index contributed by atoms with van der Waals surface area (Å²) in [6.45, 7) is 7.86. The molecule has 1 aliphatic rings. The normalized spacial score (nSPS) is 15.2. The van der Waals surface area contributed by atoms with Crippen molar-refractivity contribution in [2.75, 3.05) is 26.2 Å². The molecule has 2 rings (SSSR count). The summed E-state index contributed by atoms with van der Waals surface area (Å²) in [7, 11) is -1.52. The van der Waals surface area contributed by atoms with E-state index >= 15 is 0 Å². The molecular formula is C13H19BN2O4. The van der Waals surface area contributed by atoms with Gasteiger partial charge in [-0.2, -0.15) is 5.06 Å². The van der Waals surface area contributed by atoms with Gasteiger partial charge in [-0.05, 0) is 17.6 Å². The van der Waals surface area contributed by atoms with Gasteiger partial charge in [0.1, 0.15) is 0 Å². The number of nitrogens with zero attached hydrogens (tertiary/aromatic N) is 2. The van der Waals surface area contributed by atoms with Crippen molar-refractivity contribution >= 4 is 18.5 Å². The van der Waals surface area contributed by atoms with Crippen LogP contribution in [0.5, 0.6) is 0 Å². The number of benzene rings is 1. The van der Waals surface area contributed by atoms with Crippen LogP contribution in [0.1, 0.15) is 10.4 Å². The lowest BCUT2D eigenvalue weighted by molar-refractivity contribution is -0.112. The monoisotopic (exact) mass is 278 g/mol. The van der Waals surface area contributed by atoms with E-state index in [1.165, 1.54) is 17.2 Å². The second kappa shape index (κ2) is 7.81. The van der Waals surface area contributed by atoms with Gasteiger partial charge in [-0.15, -0.1) is 13.2 Å². The Balaban J connectivity index is 0.000000956. The lowest BCUT2D eigenvalue weighted by atomic mass is 9.80. The largest absolute Gasteiger partial charge is 0.488 e. The van der Waals surface area contributed by atoms with E-state index in [9.17, 15) is 10.0 Å². The Morgan fingerprint density at radius 3 is 2.00 bits per heavy atom. The lowest BCUT2D eigenvalue weighted by Gasteiger charge is -2.31. The molecule has 6 nitrogen and oxygen atoms in total. The highest BCUT2D eigenvalue weighted by Crippen LogP contribution is 2.07. The first-order chi connectivity index (χ1) is 9.58. The molecule has 1 aromatic carbocycles. The molecule has 1 aliphatic heterocycles. The first kappa shape index (κ1) is 16.4. The third kappa shape index (κ3) is 4.17. The highest BCUT2D eigenvalue weighted by Gasteiger charge is 2.21. The number of carbonyl (C=O) groups excluding carboxylic acids is 1. The van der Waals surface area contributed by atoms with E-state index in [4.69, 9.17) is 10.0 Å². The summed E-state index contributed by atoms with van der Waals surface area (Å²) in [6.07, 6.45) is 0. The van der Waals surface area contributed by atoms with E-state index in [-0.39, 0.29) is 5.91 Å². The van der Waals surface area contributed by atoms with E-state index in [0.717, 1.165) is 0 Å². The van der Waals surface area contributed by atoms with E-state index in [1.54, 1.807) is 17.0 Å². The fourth-order valence-corrected chi connectivity index (χ4v) is 1.88. The SMILES string of the molecule is C=C.O=C(c1ccc(B(O)O)cc1)N1CCN(O)CC1.